The first-order chi connectivity index (χ1) is 12.1. The standard InChI is InChI=1S/C19H20N2O2S2/c1-13-4-6-14(7-5-13)18(22)20-19-21(10-11-24-3)16-12-15(23-2)8-9-17(16)25-19/h4-9,12H,10-11H2,1-3H3. The van der Waals surface area contributed by atoms with Gasteiger partial charge in [0.2, 0.25) is 0 Å². The molecule has 0 N–H and O–H groups in total. The van der Waals surface area contributed by atoms with E-state index in [1.54, 1.807) is 18.9 Å². The summed E-state index contributed by atoms with van der Waals surface area (Å²) in [7, 11) is 1.66. The van der Waals surface area contributed by atoms with Gasteiger partial charge in [-0.2, -0.15) is 16.8 Å². The Morgan fingerprint density at radius 2 is 2.00 bits per heavy atom. The van der Waals surface area contributed by atoms with Crippen molar-refractivity contribution in [2.24, 2.45) is 4.99 Å². The molecule has 25 heavy (non-hydrogen) atoms. The van der Waals surface area contributed by atoms with E-state index in [-0.39, 0.29) is 5.91 Å². The first-order valence-corrected chi connectivity index (χ1v) is 10.2. The van der Waals surface area contributed by atoms with Crippen LogP contribution in [-0.2, 0) is 6.54 Å². The number of hydrogen-bond donors (Lipinski definition) is 0. The van der Waals surface area contributed by atoms with Crippen molar-refractivity contribution >= 4 is 39.2 Å². The van der Waals surface area contributed by atoms with Crippen LogP contribution in [0.15, 0.2) is 47.5 Å². The van der Waals surface area contributed by atoms with E-state index in [0.717, 1.165) is 38.6 Å². The molecule has 3 aromatic rings. The molecule has 0 spiro atoms. The van der Waals surface area contributed by atoms with Gasteiger partial charge in [-0.25, -0.2) is 0 Å². The van der Waals surface area contributed by atoms with Gasteiger partial charge in [-0.3, -0.25) is 4.79 Å². The number of aromatic nitrogens is 1. The van der Waals surface area contributed by atoms with Gasteiger partial charge < -0.3 is 9.30 Å². The molecule has 1 heterocycles. The number of thiazole rings is 1. The van der Waals surface area contributed by atoms with Crippen molar-refractivity contribution in [3.63, 3.8) is 0 Å². The first-order valence-electron chi connectivity index (χ1n) is 7.94. The lowest BCUT2D eigenvalue weighted by molar-refractivity contribution is 0.0998. The highest BCUT2D eigenvalue weighted by Gasteiger charge is 2.10. The summed E-state index contributed by atoms with van der Waals surface area (Å²) in [5, 5.41) is 0. The summed E-state index contributed by atoms with van der Waals surface area (Å²) in [6.45, 7) is 2.80. The fourth-order valence-corrected chi connectivity index (χ4v) is 3.91. The Balaban J connectivity index is 2.09. The zero-order valence-corrected chi connectivity index (χ0v) is 16.1. The maximum atomic E-state index is 12.5. The largest absolute Gasteiger partial charge is 0.497 e. The Labute approximate surface area is 155 Å². The second-order valence-electron chi connectivity index (χ2n) is 5.65. The number of methoxy groups -OCH3 is 1. The Hall–Kier alpha value is -2.05. The van der Waals surface area contributed by atoms with Gasteiger partial charge in [-0.15, -0.1) is 0 Å². The van der Waals surface area contributed by atoms with E-state index in [1.807, 2.05) is 49.4 Å². The fraction of sp³-hybridized carbons (Fsp3) is 0.263. The second kappa shape index (κ2) is 7.89. The third kappa shape index (κ3) is 3.96. The van der Waals surface area contributed by atoms with Crippen LogP contribution in [0.2, 0.25) is 0 Å². The van der Waals surface area contributed by atoms with Crippen molar-refractivity contribution in [1.29, 1.82) is 0 Å². The van der Waals surface area contributed by atoms with Gasteiger partial charge in [0.15, 0.2) is 4.80 Å². The lowest BCUT2D eigenvalue weighted by Gasteiger charge is -2.05. The highest BCUT2D eigenvalue weighted by Crippen LogP contribution is 2.23. The topological polar surface area (TPSA) is 43.6 Å². The van der Waals surface area contributed by atoms with Crippen LogP contribution in [0.3, 0.4) is 0 Å². The maximum absolute atomic E-state index is 12.5. The predicted molar refractivity (Wildman–Crippen MR) is 106 cm³/mol. The van der Waals surface area contributed by atoms with Crippen molar-refractivity contribution in [1.82, 2.24) is 4.57 Å². The van der Waals surface area contributed by atoms with Gasteiger partial charge in [0.05, 0.1) is 17.3 Å². The molecule has 3 rings (SSSR count). The zero-order valence-electron chi connectivity index (χ0n) is 14.5. The quantitative estimate of drug-likeness (QED) is 0.676. The summed E-state index contributed by atoms with van der Waals surface area (Å²) in [5.74, 6) is 1.55. The summed E-state index contributed by atoms with van der Waals surface area (Å²) in [6, 6.07) is 13.5. The number of fused-ring (bicyclic) bond motifs is 1. The van der Waals surface area contributed by atoms with Crippen molar-refractivity contribution in [2.75, 3.05) is 19.1 Å². The Kier molecular flexibility index (Phi) is 5.60. The van der Waals surface area contributed by atoms with Crippen LogP contribution in [0.25, 0.3) is 10.2 Å². The SMILES string of the molecule is COc1ccc2sc(=NC(=O)c3ccc(C)cc3)n(CCSC)c2c1. The van der Waals surface area contributed by atoms with Gasteiger partial charge in [-0.05, 0) is 37.4 Å². The van der Waals surface area contributed by atoms with Crippen LogP contribution in [0, 0.1) is 6.92 Å². The Morgan fingerprint density at radius 1 is 1.24 bits per heavy atom. The number of amides is 1. The lowest BCUT2D eigenvalue weighted by Crippen LogP contribution is -2.18. The van der Waals surface area contributed by atoms with Crippen molar-refractivity contribution < 1.29 is 9.53 Å². The molecule has 0 atom stereocenters. The number of carbonyl (C=O) groups excluding carboxylic acids is 1. The van der Waals surface area contributed by atoms with E-state index in [1.165, 1.54) is 11.3 Å². The molecule has 6 heteroatoms. The summed E-state index contributed by atoms with van der Waals surface area (Å²) in [4.78, 5) is 17.7. The van der Waals surface area contributed by atoms with E-state index < -0.39 is 0 Å². The smallest absolute Gasteiger partial charge is 0.279 e. The molecule has 0 radical (unpaired) electrons. The minimum absolute atomic E-state index is 0.212. The molecule has 1 aromatic heterocycles. The highest BCUT2D eigenvalue weighted by atomic mass is 32.2. The van der Waals surface area contributed by atoms with Crippen molar-refractivity contribution in [3.05, 3.63) is 58.4 Å². The number of rotatable bonds is 5. The van der Waals surface area contributed by atoms with E-state index in [0.29, 0.717) is 5.56 Å². The van der Waals surface area contributed by atoms with Crippen LogP contribution >= 0.6 is 23.1 Å². The van der Waals surface area contributed by atoms with Crippen molar-refractivity contribution in [3.8, 4) is 5.75 Å². The van der Waals surface area contributed by atoms with Gasteiger partial charge in [0.1, 0.15) is 5.75 Å². The normalized spacial score (nSPS) is 11.9. The first kappa shape index (κ1) is 17.8. The number of ether oxygens (including phenoxy) is 1. The third-order valence-electron chi connectivity index (χ3n) is 3.90. The molecule has 2 aromatic carbocycles. The van der Waals surface area contributed by atoms with Crippen molar-refractivity contribution in [2.45, 2.75) is 13.5 Å². The molecule has 0 unspecified atom stereocenters. The molecule has 130 valence electrons. The van der Waals surface area contributed by atoms with Crippen LogP contribution in [0.4, 0.5) is 0 Å². The molecular weight excluding hydrogens is 352 g/mol. The monoisotopic (exact) mass is 372 g/mol. The second-order valence-corrected chi connectivity index (χ2v) is 7.64. The number of benzene rings is 2. The van der Waals surface area contributed by atoms with Crippen LogP contribution < -0.4 is 9.54 Å². The van der Waals surface area contributed by atoms with Gasteiger partial charge >= 0.3 is 0 Å². The van der Waals surface area contributed by atoms with E-state index in [2.05, 4.69) is 15.8 Å². The van der Waals surface area contributed by atoms with E-state index in [4.69, 9.17) is 4.74 Å². The summed E-state index contributed by atoms with van der Waals surface area (Å²) < 4.78 is 8.54. The lowest BCUT2D eigenvalue weighted by atomic mass is 10.1. The minimum Gasteiger partial charge on any atom is -0.497 e. The molecule has 0 fully saturated rings. The average molecular weight is 373 g/mol. The number of aryl methyl sites for hydroxylation is 2. The van der Waals surface area contributed by atoms with Gasteiger partial charge in [0.25, 0.3) is 5.91 Å². The molecule has 0 saturated heterocycles. The van der Waals surface area contributed by atoms with E-state index >= 15 is 0 Å². The predicted octanol–water partition coefficient (Wildman–Crippen LogP) is 4.12. The Bertz CT molecular complexity index is 956. The summed E-state index contributed by atoms with van der Waals surface area (Å²) in [6.07, 6.45) is 2.07. The van der Waals surface area contributed by atoms with Gasteiger partial charge in [-0.1, -0.05) is 29.0 Å². The number of hydrogen-bond acceptors (Lipinski definition) is 4. The molecule has 0 aliphatic heterocycles. The number of thioether (sulfide) groups is 1. The molecule has 1 amide bonds. The fourth-order valence-electron chi connectivity index (χ4n) is 2.51. The maximum Gasteiger partial charge on any atom is 0.279 e. The molecule has 0 bridgehead atoms. The molecule has 0 aliphatic rings. The molecule has 0 saturated carbocycles. The molecule has 0 aliphatic carbocycles. The average Bonchev–Trinajstić information content (AvgIpc) is 2.96. The number of carbonyl (C=O) groups is 1. The molecular formula is C19H20N2O2S2. The molecule has 4 nitrogen and oxygen atoms in total. The van der Waals surface area contributed by atoms with Crippen LogP contribution in [0.5, 0.6) is 5.75 Å². The summed E-state index contributed by atoms with van der Waals surface area (Å²) in [5.41, 5.74) is 2.78. The Morgan fingerprint density at radius 3 is 2.68 bits per heavy atom. The zero-order chi connectivity index (χ0) is 17.8. The highest BCUT2D eigenvalue weighted by molar-refractivity contribution is 7.98. The van der Waals surface area contributed by atoms with Crippen LogP contribution in [-0.4, -0.2) is 29.6 Å². The minimum atomic E-state index is -0.212. The van der Waals surface area contributed by atoms with E-state index in [9.17, 15) is 4.79 Å². The van der Waals surface area contributed by atoms with Crippen LogP contribution in [0.1, 0.15) is 15.9 Å². The number of nitrogens with zero attached hydrogens (tertiary/aromatic N) is 2. The summed E-state index contributed by atoms with van der Waals surface area (Å²) >= 11 is 3.30. The third-order valence-corrected chi connectivity index (χ3v) is 5.55. The van der Waals surface area contributed by atoms with Gasteiger partial charge in [0, 0.05) is 23.9 Å².